The van der Waals surface area contributed by atoms with Crippen LogP contribution in [-0.4, -0.2) is 9.97 Å². The molecule has 0 fully saturated rings. The molecule has 0 unspecified atom stereocenters. The molecule has 0 amide bonds. The molecular weight excluding hydrogens is 296 g/mol. The summed E-state index contributed by atoms with van der Waals surface area (Å²) in [5.41, 5.74) is 0.532. The van der Waals surface area contributed by atoms with Gasteiger partial charge in [0.1, 0.15) is 18.0 Å². The summed E-state index contributed by atoms with van der Waals surface area (Å²) >= 11 is 9.01. The predicted octanol–water partition coefficient (Wildman–Crippen LogP) is 3.78. The Bertz CT molecular complexity index is 501. The lowest BCUT2D eigenvalue weighted by atomic mass is 10.3. The van der Waals surface area contributed by atoms with E-state index < -0.39 is 5.82 Å². The molecule has 3 nitrogen and oxygen atoms in total. The SMILES string of the molecule is Fc1cc(Cl)cc(Nc2ncncc2Br)c1. The number of nitrogens with one attached hydrogen (secondary N) is 1. The Morgan fingerprint density at radius 3 is 2.81 bits per heavy atom. The van der Waals surface area contributed by atoms with Crippen LogP contribution in [0.3, 0.4) is 0 Å². The van der Waals surface area contributed by atoms with Gasteiger partial charge in [0.2, 0.25) is 0 Å². The molecule has 0 bridgehead atoms. The summed E-state index contributed by atoms with van der Waals surface area (Å²) in [5.74, 6) is 0.150. The molecule has 1 aromatic carbocycles. The van der Waals surface area contributed by atoms with Crippen molar-refractivity contribution in [1.82, 2.24) is 9.97 Å². The van der Waals surface area contributed by atoms with Crippen molar-refractivity contribution in [3.8, 4) is 0 Å². The molecule has 6 heteroatoms. The number of benzene rings is 1. The highest BCUT2D eigenvalue weighted by atomic mass is 79.9. The van der Waals surface area contributed by atoms with E-state index in [2.05, 4.69) is 31.2 Å². The summed E-state index contributed by atoms with van der Waals surface area (Å²) in [7, 11) is 0. The molecule has 1 N–H and O–H groups in total. The molecule has 0 radical (unpaired) electrons. The zero-order chi connectivity index (χ0) is 11.5. The molecule has 0 aliphatic heterocycles. The van der Waals surface area contributed by atoms with E-state index in [1.165, 1.54) is 18.5 Å². The summed E-state index contributed by atoms with van der Waals surface area (Å²) in [6, 6.07) is 4.18. The van der Waals surface area contributed by atoms with Gasteiger partial charge in [-0.25, -0.2) is 14.4 Å². The second kappa shape index (κ2) is 4.76. The Balaban J connectivity index is 2.30. The Labute approximate surface area is 105 Å². The number of aromatic nitrogens is 2. The number of rotatable bonds is 2. The minimum absolute atomic E-state index is 0.327. The average molecular weight is 303 g/mol. The van der Waals surface area contributed by atoms with Gasteiger partial charge in [0, 0.05) is 16.9 Å². The maximum Gasteiger partial charge on any atom is 0.148 e. The second-order valence-corrected chi connectivity index (χ2v) is 4.29. The van der Waals surface area contributed by atoms with E-state index in [1.807, 2.05) is 0 Å². The zero-order valence-electron chi connectivity index (χ0n) is 7.92. The number of hydrogen-bond acceptors (Lipinski definition) is 3. The number of nitrogens with zero attached hydrogens (tertiary/aromatic N) is 2. The van der Waals surface area contributed by atoms with E-state index in [0.717, 1.165) is 0 Å². The van der Waals surface area contributed by atoms with Gasteiger partial charge < -0.3 is 5.32 Å². The molecule has 1 heterocycles. The Morgan fingerprint density at radius 2 is 2.12 bits per heavy atom. The van der Waals surface area contributed by atoms with Gasteiger partial charge in [-0.05, 0) is 34.1 Å². The summed E-state index contributed by atoms with van der Waals surface area (Å²) in [5, 5.41) is 3.26. The summed E-state index contributed by atoms with van der Waals surface area (Å²) in [6.07, 6.45) is 2.99. The monoisotopic (exact) mass is 301 g/mol. The lowest BCUT2D eigenvalue weighted by Gasteiger charge is -2.07. The predicted molar refractivity (Wildman–Crippen MR) is 64.4 cm³/mol. The maximum absolute atomic E-state index is 13.1. The lowest BCUT2D eigenvalue weighted by Crippen LogP contribution is -1.95. The molecule has 0 spiro atoms. The van der Waals surface area contributed by atoms with Crippen LogP contribution in [0.25, 0.3) is 0 Å². The first-order valence-corrected chi connectivity index (χ1v) is 5.51. The fourth-order valence-electron chi connectivity index (χ4n) is 1.17. The van der Waals surface area contributed by atoms with Crippen LogP contribution in [0.15, 0.2) is 35.2 Å². The lowest BCUT2D eigenvalue weighted by molar-refractivity contribution is 0.628. The fourth-order valence-corrected chi connectivity index (χ4v) is 1.71. The van der Waals surface area contributed by atoms with Gasteiger partial charge in [0.15, 0.2) is 0 Å². The fraction of sp³-hybridized carbons (Fsp3) is 0. The first kappa shape index (κ1) is 11.3. The molecule has 0 atom stereocenters. The van der Waals surface area contributed by atoms with Crippen molar-refractivity contribution in [1.29, 1.82) is 0 Å². The molecule has 0 saturated heterocycles. The Morgan fingerprint density at radius 1 is 1.31 bits per heavy atom. The normalized spacial score (nSPS) is 10.2. The van der Waals surface area contributed by atoms with Crippen LogP contribution in [0.2, 0.25) is 5.02 Å². The topological polar surface area (TPSA) is 37.8 Å². The first-order chi connectivity index (χ1) is 7.65. The van der Waals surface area contributed by atoms with Crippen molar-refractivity contribution in [2.45, 2.75) is 0 Å². The van der Waals surface area contributed by atoms with Crippen molar-refractivity contribution in [3.63, 3.8) is 0 Å². The second-order valence-electron chi connectivity index (χ2n) is 3.00. The van der Waals surface area contributed by atoms with E-state index in [1.54, 1.807) is 12.3 Å². The van der Waals surface area contributed by atoms with Crippen LogP contribution < -0.4 is 5.32 Å². The highest BCUT2D eigenvalue weighted by Gasteiger charge is 2.03. The molecule has 0 aliphatic rings. The van der Waals surface area contributed by atoms with Gasteiger partial charge in [0.25, 0.3) is 0 Å². The largest absolute Gasteiger partial charge is 0.339 e. The number of halogens is 3. The minimum Gasteiger partial charge on any atom is -0.339 e. The molecule has 1 aromatic heterocycles. The van der Waals surface area contributed by atoms with Crippen molar-refractivity contribution >= 4 is 39.0 Å². The van der Waals surface area contributed by atoms with Gasteiger partial charge >= 0.3 is 0 Å². The van der Waals surface area contributed by atoms with E-state index in [4.69, 9.17) is 11.6 Å². The van der Waals surface area contributed by atoms with Gasteiger partial charge in [0.05, 0.1) is 4.47 Å². The molecule has 82 valence electrons. The highest BCUT2D eigenvalue weighted by Crippen LogP contribution is 2.24. The van der Waals surface area contributed by atoms with Crippen molar-refractivity contribution in [2.24, 2.45) is 0 Å². The minimum atomic E-state index is -0.403. The van der Waals surface area contributed by atoms with Gasteiger partial charge in [-0.2, -0.15) is 0 Å². The molecular formula is C10H6BrClFN3. The van der Waals surface area contributed by atoms with Crippen molar-refractivity contribution in [2.75, 3.05) is 5.32 Å². The smallest absolute Gasteiger partial charge is 0.148 e. The quantitative estimate of drug-likeness (QED) is 0.917. The van der Waals surface area contributed by atoms with E-state index >= 15 is 0 Å². The van der Waals surface area contributed by atoms with Crippen LogP contribution in [-0.2, 0) is 0 Å². The van der Waals surface area contributed by atoms with Crippen LogP contribution in [0.4, 0.5) is 15.9 Å². The maximum atomic E-state index is 13.1. The molecule has 16 heavy (non-hydrogen) atoms. The summed E-state index contributed by atoms with van der Waals surface area (Å²) in [6.45, 7) is 0. The van der Waals surface area contributed by atoms with E-state index in [-0.39, 0.29) is 0 Å². The first-order valence-electron chi connectivity index (χ1n) is 4.34. The third-order valence-corrected chi connectivity index (χ3v) is 2.59. The summed E-state index contributed by atoms with van der Waals surface area (Å²) in [4.78, 5) is 7.82. The number of anilines is 2. The van der Waals surface area contributed by atoms with Gasteiger partial charge in [-0.15, -0.1) is 0 Å². The van der Waals surface area contributed by atoms with Crippen LogP contribution >= 0.6 is 27.5 Å². The van der Waals surface area contributed by atoms with Crippen molar-refractivity contribution in [3.05, 3.63) is 46.0 Å². The van der Waals surface area contributed by atoms with Gasteiger partial charge in [-0.1, -0.05) is 11.6 Å². The highest BCUT2D eigenvalue weighted by molar-refractivity contribution is 9.10. The third-order valence-electron chi connectivity index (χ3n) is 1.79. The zero-order valence-corrected chi connectivity index (χ0v) is 10.3. The van der Waals surface area contributed by atoms with Gasteiger partial charge in [-0.3, -0.25) is 0 Å². The molecule has 2 rings (SSSR count). The number of hydrogen-bond donors (Lipinski definition) is 1. The summed E-state index contributed by atoms with van der Waals surface area (Å²) < 4.78 is 13.8. The molecule has 0 aliphatic carbocycles. The van der Waals surface area contributed by atoms with E-state index in [0.29, 0.717) is 21.0 Å². The van der Waals surface area contributed by atoms with Crippen LogP contribution in [0.5, 0.6) is 0 Å². The average Bonchev–Trinajstić information content (AvgIpc) is 2.20. The van der Waals surface area contributed by atoms with E-state index in [9.17, 15) is 4.39 Å². The molecule has 2 aromatic rings. The van der Waals surface area contributed by atoms with Crippen LogP contribution in [0, 0.1) is 5.82 Å². The standard InChI is InChI=1S/C10H6BrClFN3/c11-9-4-14-5-15-10(9)16-8-2-6(12)1-7(13)3-8/h1-5H,(H,14,15,16). The van der Waals surface area contributed by atoms with Crippen LogP contribution in [0.1, 0.15) is 0 Å². The van der Waals surface area contributed by atoms with Crippen molar-refractivity contribution < 1.29 is 4.39 Å². The molecule has 0 saturated carbocycles. The third kappa shape index (κ3) is 2.68. The Hall–Kier alpha value is -1.20. The Kier molecular flexibility index (Phi) is 3.36.